The second kappa shape index (κ2) is 4.28. The number of nitrogens with zero attached hydrogens (tertiary/aromatic N) is 2. The molecule has 0 saturated carbocycles. The van der Waals surface area contributed by atoms with Crippen LogP contribution in [0.15, 0.2) is 22.8 Å². The van der Waals surface area contributed by atoms with Crippen molar-refractivity contribution in [3.63, 3.8) is 0 Å². The zero-order chi connectivity index (χ0) is 10.8. The topological polar surface area (TPSA) is 36.4 Å². The van der Waals surface area contributed by atoms with Crippen LogP contribution in [0.25, 0.3) is 0 Å². The van der Waals surface area contributed by atoms with Gasteiger partial charge in [0.1, 0.15) is 5.82 Å². The summed E-state index contributed by atoms with van der Waals surface area (Å²) in [6, 6.07) is 3.85. The molecule has 0 aliphatic heterocycles. The summed E-state index contributed by atoms with van der Waals surface area (Å²) in [5.74, 6) is 0.857. The summed E-state index contributed by atoms with van der Waals surface area (Å²) in [6.07, 6.45) is 1.75. The van der Waals surface area contributed by atoms with Crippen molar-refractivity contribution in [1.82, 2.24) is 4.98 Å². The number of anilines is 1. The molecule has 0 unspecified atom stereocenters. The Kier molecular flexibility index (Phi) is 3.50. The lowest BCUT2D eigenvalue weighted by Crippen LogP contribution is -2.36. The van der Waals surface area contributed by atoms with Crippen LogP contribution in [0.2, 0.25) is 0 Å². The molecule has 0 aliphatic carbocycles. The SMILES string of the molecule is CN(CC(C)(C)O)c1ccc(Br)cn1. The molecule has 0 spiro atoms. The quantitative estimate of drug-likeness (QED) is 0.902. The Bertz CT molecular complexity index is 292. The number of pyridine rings is 1. The Hall–Kier alpha value is -0.610. The van der Waals surface area contributed by atoms with Crippen molar-refractivity contribution in [2.75, 3.05) is 18.5 Å². The summed E-state index contributed by atoms with van der Waals surface area (Å²) in [7, 11) is 1.91. The second-order valence-corrected chi connectivity index (χ2v) is 4.92. The van der Waals surface area contributed by atoms with Crippen molar-refractivity contribution in [3.8, 4) is 0 Å². The van der Waals surface area contributed by atoms with Gasteiger partial charge in [-0.25, -0.2) is 4.98 Å². The number of likely N-dealkylation sites (N-methyl/N-ethyl adjacent to an activating group) is 1. The second-order valence-electron chi connectivity index (χ2n) is 4.00. The van der Waals surface area contributed by atoms with Gasteiger partial charge in [-0.05, 0) is 41.9 Å². The molecular formula is C10H15BrN2O. The fourth-order valence-electron chi connectivity index (χ4n) is 1.26. The standard InChI is InChI=1S/C10H15BrN2O/c1-10(2,14)7-13(3)9-5-4-8(11)6-12-9/h4-6,14H,7H2,1-3H3. The Labute approximate surface area is 92.9 Å². The molecule has 0 fully saturated rings. The lowest BCUT2D eigenvalue weighted by Gasteiger charge is -2.26. The van der Waals surface area contributed by atoms with Gasteiger partial charge in [-0.1, -0.05) is 0 Å². The van der Waals surface area contributed by atoms with E-state index in [0.717, 1.165) is 10.3 Å². The highest BCUT2D eigenvalue weighted by Gasteiger charge is 2.16. The molecule has 14 heavy (non-hydrogen) atoms. The minimum absolute atomic E-state index is 0.557. The Morgan fingerprint density at radius 2 is 2.14 bits per heavy atom. The lowest BCUT2D eigenvalue weighted by molar-refractivity contribution is 0.0884. The van der Waals surface area contributed by atoms with Crippen LogP contribution in [0, 0.1) is 0 Å². The highest BCUT2D eigenvalue weighted by atomic mass is 79.9. The van der Waals surface area contributed by atoms with Gasteiger partial charge >= 0.3 is 0 Å². The fraction of sp³-hybridized carbons (Fsp3) is 0.500. The number of hydrogen-bond donors (Lipinski definition) is 1. The van der Waals surface area contributed by atoms with Crippen LogP contribution in [0.3, 0.4) is 0 Å². The third-order valence-corrected chi connectivity index (χ3v) is 2.20. The van der Waals surface area contributed by atoms with Crippen LogP contribution in [0.1, 0.15) is 13.8 Å². The molecule has 0 aliphatic rings. The van der Waals surface area contributed by atoms with Crippen LogP contribution in [-0.4, -0.2) is 29.3 Å². The highest BCUT2D eigenvalue weighted by molar-refractivity contribution is 9.10. The van der Waals surface area contributed by atoms with Crippen LogP contribution in [0.5, 0.6) is 0 Å². The highest BCUT2D eigenvalue weighted by Crippen LogP contribution is 2.15. The zero-order valence-electron chi connectivity index (χ0n) is 8.66. The summed E-state index contributed by atoms with van der Waals surface area (Å²) in [5, 5.41) is 9.63. The van der Waals surface area contributed by atoms with Gasteiger partial charge in [0.15, 0.2) is 0 Å². The van der Waals surface area contributed by atoms with Gasteiger partial charge in [-0.15, -0.1) is 0 Å². The average Bonchev–Trinajstić information content (AvgIpc) is 2.02. The molecular weight excluding hydrogens is 244 g/mol. The maximum atomic E-state index is 9.63. The van der Waals surface area contributed by atoms with E-state index in [9.17, 15) is 5.11 Å². The van der Waals surface area contributed by atoms with Crippen molar-refractivity contribution in [2.24, 2.45) is 0 Å². The smallest absolute Gasteiger partial charge is 0.128 e. The van der Waals surface area contributed by atoms with E-state index < -0.39 is 5.60 Å². The number of aliphatic hydroxyl groups is 1. The molecule has 1 aromatic rings. The van der Waals surface area contributed by atoms with E-state index in [0.29, 0.717) is 6.54 Å². The van der Waals surface area contributed by atoms with Gasteiger partial charge in [-0.3, -0.25) is 0 Å². The Morgan fingerprint density at radius 1 is 1.50 bits per heavy atom. The van der Waals surface area contributed by atoms with E-state index in [1.807, 2.05) is 24.1 Å². The van der Waals surface area contributed by atoms with Gasteiger partial charge in [0, 0.05) is 24.3 Å². The molecule has 4 heteroatoms. The van der Waals surface area contributed by atoms with Crippen molar-refractivity contribution < 1.29 is 5.11 Å². The fourth-order valence-corrected chi connectivity index (χ4v) is 1.49. The van der Waals surface area contributed by atoms with Crippen LogP contribution < -0.4 is 4.90 Å². The maximum Gasteiger partial charge on any atom is 0.128 e. The van der Waals surface area contributed by atoms with E-state index in [4.69, 9.17) is 0 Å². The minimum Gasteiger partial charge on any atom is -0.389 e. The van der Waals surface area contributed by atoms with Crippen molar-refractivity contribution >= 4 is 21.7 Å². The van der Waals surface area contributed by atoms with Crippen molar-refractivity contribution in [1.29, 1.82) is 0 Å². The molecule has 0 amide bonds. The summed E-state index contributed by atoms with van der Waals surface area (Å²) >= 11 is 3.33. The third kappa shape index (κ3) is 3.64. The molecule has 0 atom stereocenters. The predicted octanol–water partition coefficient (Wildman–Crippen LogP) is 2.05. The van der Waals surface area contributed by atoms with E-state index in [-0.39, 0.29) is 0 Å². The van der Waals surface area contributed by atoms with E-state index in [2.05, 4.69) is 20.9 Å². The Morgan fingerprint density at radius 3 is 2.57 bits per heavy atom. The molecule has 78 valence electrons. The Balaban J connectivity index is 2.70. The average molecular weight is 259 g/mol. The van der Waals surface area contributed by atoms with Crippen molar-refractivity contribution in [3.05, 3.63) is 22.8 Å². The first-order valence-electron chi connectivity index (χ1n) is 4.43. The lowest BCUT2D eigenvalue weighted by atomic mass is 10.1. The first kappa shape index (κ1) is 11.5. The maximum absolute atomic E-state index is 9.63. The molecule has 0 bridgehead atoms. The monoisotopic (exact) mass is 258 g/mol. The van der Waals surface area contributed by atoms with E-state index in [1.54, 1.807) is 20.0 Å². The zero-order valence-corrected chi connectivity index (χ0v) is 10.2. The van der Waals surface area contributed by atoms with Gasteiger partial charge < -0.3 is 10.0 Å². The summed E-state index contributed by atoms with van der Waals surface area (Å²) in [4.78, 5) is 6.15. The number of hydrogen-bond acceptors (Lipinski definition) is 3. The molecule has 1 heterocycles. The van der Waals surface area contributed by atoms with E-state index >= 15 is 0 Å². The molecule has 0 radical (unpaired) electrons. The molecule has 1 N–H and O–H groups in total. The molecule has 0 saturated heterocycles. The number of rotatable bonds is 3. The number of halogens is 1. The minimum atomic E-state index is -0.705. The van der Waals surface area contributed by atoms with Crippen LogP contribution in [-0.2, 0) is 0 Å². The van der Waals surface area contributed by atoms with Gasteiger partial charge in [-0.2, -0.15) is 0 Å². The molecule has 3 nitrogen and oxygen atoms in total. The van der Waals surface area contributed by atoms with Gasteiger partial charge in [0.2, 0.25) is 0 Å². The van der Waals surface area contributed by atoms with Gasteiger partial charge in [0.05, 0.1) is 5.60 Å². The first-order valence-corrected chi connectivity index (χ1v) is 5.23. The third-order valence-electron chi connectivity index (χ3n) is 1.73. The molecule has 1 rings (SSSR count). The van der Waals surface area contributed by atoms with Crippen molar-refractivity contribution in [2.45, 2.75) is 19.4 Å². The largest absolute Gasteiger partial charge is 0.389 e. The summed E-state index contributed by atoms with van der Waals surface area (Å²) < 4.78 is 0.956. The van der Waals surface area contributed by atoms with Crippen LogP contribution >= 0.6 is 15.9 Å². The summed E-state index contributed by atoms with van der Waals surface area (Å²) in [5.41, 5.74) is -0.705. The first-order chi connectivity index (χ1) is 6.38. The van der Waals surface area contributed by atoms with Gasteiger partial charge in [0.25, 0.3) is 0 Å². The summed E-state index contributed by atoms with van der Waals surface area (Å²) in [6.45, 7) is 4.12. The molecule has 1 aromatic heterocycles. The van der Waals surface area contributed by atoms with E-state index in [1.165, 1.54) is 0 Å². The normalized spacial score (nSPS) is 11.5. The number of aromatic nitrogens is 1. The van der Waals surface area contributed by atoms with Crippen LogP contribution in [0.4, 0.5) is 5.82 Å². The predicted molar refractivity (Wildman–Crippen MR) is 61.5 cm³/mol. The molecule has 0 aromatic carbocycles.